The first-order chi connectivity index (χ1) is 6.06. The molecule has 0 N–H and O–H groups in total. The van der Waals surface area contributed by atoms with Crippen LogP contribution in [-0.2, 0) is 4.84 Å². The third kappa shape index (κ3) is 2.30. The maximum absolute atomic E-state index is 11.6. The molecule has 0 radical (unpaired) electrons. The lowest BCUT2D eigenvalue weighted by Crippen LogP contribution is -2.25. The summed E-state index contributed by atoms with van der Waals surface area (Å²) in [6, 6.07) is 1.84. The minimum atomic E-state index is -0.140. The lowest BCUT2D eigenvalue weighted by molar-refractivity contribution is -0.0757. The molecule has 0 saturated heterocycles. The average Bonchev–Trinajstić information content (AvgIpc) is 2.42. The van der Waals surface area contributed by atoms with Crippen molar-refractivity contribution in [2.24, 2.45) is 0 Å². The fourth-order valence-corrected chi connectivity index (χ4v) is 2.65. The minimum absolute atomic E-state index is 0.140. The van der Waals surface area contributed by atoms with Crippen LogP contribution in [0.4, 0.5) is 0 Å². The van der Waals surface area contributed by atoms with Crippen LogP contribution in [0.5, 0.6) is 0 Å². The van der Waals surface area contributed by atoms with Crippen molar-refractivity contribution in [3.8, 4) is 0 Å². The van der Waals surface area contributed by atoms with Crippen molar-refractivity contribution in [1.82, 2.24) is 5.06 Å². The predicted molar refractivity (Wildman–Crippen MR) is 55.9 cm³/mol. The van der Waals surface area contributed by atoms with E-state index in [4.69, 9.17) is 4.84 Å². The van der Waals surface area contributed by atoms with Gasteiger partial charge in [0.1, 0.15) is 0 Å². The number of carbonyl (C=O) groups is 1. The molecular weight excluding hydrogens is 254 g/mol. The SMILES string of the molecule is CON(C)C(=O)c1cc(C)sc1Br. The second kappa shape index (κ2) is 4.21. The molecule has 1 amide bonds. The number of amides is 1. The lowest BCUT2D eigenvalue weighted by atomic mass is 10.3. The zero-order valence-electron chi connectivity index (χ0n) is 7.63. The molecule has 0 aliphatic carbocycles. The van der Waals surface area contributed by atoms with Gasteiger partial charge < -0.3 is 0 Å². The molecule has 0 aromatic carbocycles. The molecule has 1 aromatic rings. The fourth-order valence-electron chi connectivity index (χ4n) is 0.884. The number of carbonyl (C=O) groups excluding carboxylic acids is 1. The van der Waals surface area contributed by atoms with Crippen LogP contribution in [0.3, 0.4) is 0 Å². The molecule has 0 unspecified atom stereocenters. The Morgan fingerprint density at radius 3 is 2.69 bits per heavy atom. The molecule has 5 heteroatoms. The fraction of sp³-hybridized carbons (Fsp3) is 0.375. The van der Waals surface area contributed by atoms with E-state index < -0.39 is 0 Å². The standard InChI is InChI=1S/C8H10BrNO2S/c1-5-4-6(7(9)13-5)8(11)10(2)12-3/h4H,1-3H3. The maximum atomic E-state index is 11.6. The first kappa shape index (κ1) is 10.7. The first-order valence-corrected chi connectivity index (χ1v) is 5.25. The summed E-state index contributed by atoms with van der Waals surface area (Å²) in [5, 5.41) is 1.20. The highest BCUT2D eigenvalue weighted by Crippen LogP contribution is 2.28. The van der Waals surface area contributed by atoms with Crippen LogP contribution >= 0.6 is 27.3 Å². The van der Waals surface area contributed by atoms with Crippen molar-refractivity contribution >= 4 is 33.2 Å². The number of hydrogen-bond donors (Lipinski definition) is 0. The van der Waals surface area contributed by atoms with Gasteiger partial charge in [-0.15, -0.1) is 11.3 Å². The van der Waals surface area contributed by atoms with Gasteiger partial charge in [-0.25, -0.2) is 5.06 Å². The van der Waals surface area contributed by atoms with Gasteiger partial charge in [0, 0.05) is 11.9 Å². The van der Waals surface area contributed by atoms with Gasteiger partial charge in [0.15, 0.2) is 0 Å². The first-order valence-electron chi connectivity index (χ1n) is 3.64. The zero-order chi connectivity index (χ0) is 10.0. The summed E-state index contributed by atoms with van der Waals surface area (Å²) >= 11 is 4.87. The van der Waals surface area contributed by atoms with E-state index >= 15 is 0 Å². The van der Waals surface area contributed by atoms with Crippen molar-refractivity contribution < 1.29 is 9.63 Å². The molecule has 1 heterocycles. The monoisotopic (exact) mass is 263 g/mol. The minimum Gasteiger partial charge on any atom is -0.274 e. The molecule has 3 nitrogen and oxygen atoms in total. The van der Waals surface area contributed by atoms with E-state index in [0.29, 0.717) is 5.56 Å². The highest BCUT2D eigenvalue weighted by atomic mass is 79.9. The molecule has 1 aromatic heterocycles. The topological polar surface area (TPSA) is 29.5 Å². The van der Waals surface area contributed by atoms with Crippen LogP contribution in [0.1, 0.15) is 15.2 Å². The molecule has 1 rings (SSSR count). The van der Waals surface area contributed by atoms with Crippen LogP contribution < -0.4 is 0 Å². The average molecular weight is 264 g/mol. The molecular formula is C8H10BrNO2S. The summed E-state index contributed by atoms with van der Waals surface area (Å²) in [5.74, 6) is -0.140. The molecule has 0 fully saturated rings. The molecule has 13 heavy (non-hydrogen) atoms. The van der Waals surface area contributed by atoms with Gasteiger partial charge >= 0.3 is 0 Å². The Kier molecular flexibility index (Phi) is 3.47. The summed E-state index contributed by atoms with van der Waals surface area (Å²) in [5.41, 5.74) is 0.645. The van der Waals surface area contributed by atoms with E-state index in [2.05, 4.69) is 15.9 Å². The number of hydrogen-bond acceptors (Lipinski definition) is 3. The molecule has 0 bridgehead atoms. The van der Waals surface area contributed by atoms with Crippen molar-refractivity contribution in [2.75, 3.05) is 14.2 Å². The second-order valence-corrected chi connectivity index (χ2v) is 5.10. The highest BCUT2D eigenvalue weighted by Gasteiger charge is 2.16. The van der Waals surface area contributed by atoms with Gasteiger partial charge in [0.05, 0.1) is 16.5 Å². The van der Waals surface area contributed by atoms with Crippen molar-refractivity contribution in [2.45, 2.75) is 6.92 Å². The van der Waals surface area contributed by atoms with Crippen LogP contribution in [0.25, 0.3) is 0 Å². The smallest absolute Gasteiger partial charge is 0.274 e. The Bertz CT molecular complexity index is 324. The normalized spacial score (nSPS) is 10.2. The third-order valence-electron chi connectivity index (χ3n) is 1.60. The van der Waals surface area contributed by atoms with E-state index in [1.54, 1.807) is 7.05 Å². The molecule has 0 spiro atoms. The van der Waals surface area contributed by atoms with Gasteiger partial charge in [0.2, 0.25) is 0 Å². The van der Waals surface area contributed by atoms with Gasteiger partial charge in [-0.2, -0.15) is 0 Å². The van der Waals surface area contributed by atoms with Gasteiger partial charge in [0.25, 0.3) is 5.91 Å². The van der Waals surface area contributed by atoms with E-state index in [-0.39, 0.29) is 5.91 Å². The van der Waals surface area contributed by atoms with Crippen molar-refractivity contribution in [1.29, 1.82) is 0 Å². The number of rotatable bonds is 2. The molecule has 0 aliphatic rings. The number of thiophene rings is 1. The zero-order valence-corrected chi connectivity index (χ0v) is 10.0. The number of aryl methyl sites for hydroxylation is 1. The maximum Gasteiger partial charge on any atom is 0.279 e. The number of halogens is 1. The molecule has 0 aliphatic heterocycles. The molecule has 72 valence electrons. The summed E-state index contributed by atoms with van der Waals surface area (Å²) in [7, 11) is 3.05. The number of hydroxylamine groups is 2. The summed E-state index contributed by atoms with van der Waals surface area (Å²) < 4.78 is 0.846. The van der Waals surface area contributed by atoms with Crippen LogP contribution in [-0.4, -0.2) is 25.1 Å². The Balaban J connectivity index is 2.94. The van der Waals surface area contributed by atoms with Crippen molar-refractivity contribution in [3.63, 3.8) is 0 Å². The third-order valence-corrected chi connectivity index (χ3v) is 3.35. The summed E-state index contributed by atoms with van der Waals surface area (Å²) in [6.07, 6.45) is 0. The Morgan fingerprint density at radius 1 is 1.69 bits per heavy atom. The second-order valence-electron chi connectivity index (χ2n) is 2.53. The molecule has 0 saturated carbocycles. The summed E-state index contributed by atoms with van der Waals surface area (Å²) in [6.45, 7) is 1.96. The van der Waals surface area contributed by atoms with E-state index in [0.717, 1.165) is 8.66 Å². The Labute approximate surface area is 89.4 Å². The van der Waals surface area contributed by atoms with E-state index in [9.17, 15) is 4.79 Å². The van der Waals surface area contributed by atoms with Gasteiger partial charge in [-0.1, -0.05) is 0 Å². The highest BCUT2D eigenvalue weighted by molar-refractivity contribution is 9.11. The van der Waals surface area contributed by atoms with Crippen LogP contribution in [0.15, 0.2) is 9.85 Å². The van der Waals surface area contributed by atoms with Crippen LogP contribution in [0.2, 0.25) is 0 Å². The van der Waals surface area contributed by atoms with E-state index in [1.807, 2.05) is 13.0 Å². The number of nitrogens with zero attached hydrogens (tertiary/aromatic N) is 1. The van der Waals surface area contributed by atoms with Gasteiger partial charge in [-0.3, -0.25) is 9.63 Å². The molecule has 0 atom stereocenters. The van der Waals surface area contributed by atoms with Crippen LogP contribution in [0, 0.1) is 6.92 Å². The Hall–Kier alpha value is -0.390. The Morgan fingerprint density at radius 2 is 2.31 bits per heavy atom. The lowest BCUT2D eigenvalue weighted by Gasteiger charge is -2.12. The van der Waals surface area contributed by atoms with Gasteiger partial charge in [-0.05, 0) is 28.9 Å². The predicted octanol–water partition coefficient (Wildman–Crippen LogP) is 2.45. The van der Waals surface area contributed by atoms with Crippen molar-refractivity contribution in [3.05, 3.63) is 20.3 Å². The largest absolute Gasteiger partial charge is 0.279 e. The summed E-state index contributed by atoms with van der Waals surface area (Å²) in [4.78, 5) is 17.5. The quantitative estimate of drug-likeness (QED) is 0.768. The van der Waals surface area contributed by atoms with E-state index in [1.165, 1.54) is 23.5 Å².